The molecule has 6 aromatic heterocycles. The van der Waals surface area contributed by atoms with E-state index in [0.29, 0.717) is 0 Å². The summed E-state index contributed by atoms with van der Waals surface area (Å²) in [7, 11) is 0. The molecule has 0 bridgehead atoms. The van der Waals surface area contributed by atoms with Gasteiger partial charge in [-0.15, -0.1) is 34.0 Å². The first-order valence-electron chi connectivity index (χ1n) is 22.6. The summed E-state index contributed by atoms with van der Waals surface area (Å²) in [6.45, 7) is 0. The van der Waals surface area contributed by atoms with Crippen molar-refractivity contribution in [3.63, 3.8) is 0 Å². The third-order valence-electron chi connectivity index (χ3n) is 14.1. The number of para-hydroxylation sites is 3. The van der Waals surface area contributed by atoms with Gasteiger partial charge in [0.15, 0.2) is 11.6 Å². The monoisotopic (exact) mass is 904 g/mol. The van der Waals surface area contributed by atoms with Gasteiger partial charge in [-0.05, 0) is 53.2 Å². The van der Waals surface area contributed by atoms with Crippen molar-refractivity contribution >= 4 is 160 Å². The lowest BCUT2D eigenvalue weighted by atomic mass is 9.99. The molecule has 0 N–H and O–H groups in total. The van der Waals surface area contributed by atoms with Crippen LogP contribution in [0.4, 0.5) is 0 Å². The molecule has 0 aliphatic heterocycles. The molecule has 0 fully saturated rings. The fourth-order valence-electron chi connectivity index (χ4n) is 11.4. The molecule has 0 saturated carbocycles. The highest BCUT2D eigenvalue weighted by atomic mass is 32.1. The van der Waals surface area contributed by atoms with E-state index in [1.54, 1.807) is 11.3 Å². The molecule has 16 rings (SSSR count). The number of nitrogens with zero attached hydrogens (tertiary/aromatic N) is 4. The fourth-order valence-corrected chi connectivity index (χ4v) is 15.1. The predicted octanol–water partition coefficient (Wildman–Crippen LogP) is 17.7. The average Bonchev–Trinajstić information content (AvgIpc) is 4.21. The minimum atomic E-state index is 0.730. The molecule has 7 heteroatoms. The SMILES string of the molecule is c1ccc(-n2c3ccccc3c3c4ccccc4c4sc5c(-c6nc(-n7c8ccccc8c8c9ccccc9c9sc%10ccccc%10c9c87)c7c(n6)sc6ccccc67)cccc5c4c32)cc1. The van der Waals surface area contributed by atoms with Gasteiger partial charge in [0.05, 0.1) is 27.5 Å². The molecule has 67 heavy (non-hydrogen) atoms. The van der Waals surface area contributed by atoms with E-state index in [1.165, 1.54) is 110 Å². The zero-order valence-corrected chi connectivity index (χ0v) is 37.9. The molecule has 6 heterocycles. The maximum Gasteiger partial charge on any atom is 0.164 e. The Labute approximate surface area is 393 Å². The summed E-state index contributed by atoms with van der Waals surface area (Å²) < 4.78 is 11.2. The van der Waals surface area contributed by atoms with Crippen LogP contribution < -0.4 is 0 Å². The standard InChI is InChI=1S/C60H32N4S3/c1-2-17-33(18-3-1)63-44-29-12-8-23-38(44)48-35-20-5-7-22-37(35)57-51(53(48)63)42-27-16-28-43(55(42)67-57)58-61-59(52-41-26-11-15-32-47(41)66-60(52)62-58)64-45-30-13-9-24-39(45)49-34-19-4-6-21-36(34)56-50(54(49)64)40-25-10-14-31-46(40)65-56/h1-32H. The third-order valence-corrected chi connectivity index (χ3v) is 17.6. The topological polar surface area (TPSA) is 35.6 Å². The Bertz CT molecular complexity index is 4810. The lowest BCUT2D eigenvalue weighted by molar-refractivity contribution is 1.09. The quantitative estimate of drug-likeness (QED) is 0.177. The van der Waals surface area contributed by atoms with Gasteiger partial charge in [0.2, 0.25) is 0 Å². The fraction of sp³-hybridized carbons (Fsp3) is 0. The minimum Gasteiger partial charge on any atom is -0.309 e. The molecule has 310 valence electrons. The van der Waals surface area contributed by atoms with E-state index in [9.17, 15) is 0 Å². The first-order valence-corrected chi connectivity index (χ1v) is 25.0. The van der Waals surface area contributed by atoms with E-state index >= 15 is 0 Å². The van der Waals surface area contributed by atoms with Crippen LogP contribution in [0.25, 0.3) is 149 Å². The molecule has 0 radical (unpaired) electrons. The summed E-state index contributed by atoms with van der Waals surface area (Å²) in [5, 5.41) is 17.3. The molecule has 4 nitrogen and oxygen atoms in total. The number of rotatable bonds is 3. The summed E-state index contributed by atoms with van der Waals surface area (Å²) in [5.74, 6) is 1.64. The first kappa shape index (κ1) is 36.3. The Morgan fingerprint density at radius 2 is 0.806 bits per heavy atom. The van der Waals surface area contributed by atoms with Crippen LogP contribution in [-0.4, -0.2) is 19.1 Å². The Balaban J connectivity index is 1.08. The van der Waals surface area contributed by atoms with Gasteiger partial charge >= 0.3 is 0 Å². The van der Waals surface area contributed by atoms with E-state index in [-0.39, 0.29) is 0 Å². The Kier molecular flexibility index (Phi) is 7.22. The summed E-state index contributed by atoms with van der Waals surface area (Å²) in [4.78, 5) is 12.5. The lowest BCUT2D eigenvalue weighted by Crippen LogP contribution is -2.02. The molecule has 16 aromatic rings. The van der Waals surface area contributed by atoms with Crippen LogP contribution in [0.2, 0.25) is 0 Å². The van der Waals surface area contributed by atoms with E-state index in [4.69, 9.17) is 9.97 Å². The van der Waals surface area contributed by atoms with Crippen molar-refractivity contribution in [2.75, 3.05) is 0 Å². The summed E-state index contributed by atoms with van der Waals surface area (Å²) >= 11 is 5.52. The molecule has 0 aliphatic rings. The van der Waals surface area contributed by atoms with Gasteiger partial charge in [0, 0.05) is 94.0 Å². The van der Waals surface area contributed by atoms with Gasteiger partial charge in [0.1, 0.15) is 4.83 Å². The van der Waals surface area contributed by atoms with Crippen molar-refractivity contribution in [2.45, 2.75) is 0 Å². The maximum absolute atomic E-state index is 5.90. The number of benzene rings is 10. The zero-order valence-electron chi connectivity index (χ0n) is 35.5. The largest absolute Gasteiger partial charge is 0.309 e. The van der Waals surface area contributed by atoms with Crippen LogP contribution in [0, 0.1) is 0 Å². The van der Waals surface area contributed by atoms with E-state index in [0.717, 1.165) is 38.6 Å². The molecule has 0 amide bonds. The Morgan fingerprint density at radius 1 is 0.313 bits per heavy atom. The molecule has 0 unspecified atom stereocenters. The third kappa shape index (κ3) is 4.75. The highest BCUT2D eigenvalue weighted by Gasteiger charge is 2.27. The van der Waals surface area contributed by atoms with Crippen molar-refractivity contribution < 1.29 is 0 Å². The molecule has 10 aromatic carbocycles. The van der Waals surface area contributed by atoms with E-state index < -0.39 is 0 Å². The Hall–Kier alpha value is -7.94. The summed E-state index contributed by atoms with van der Waals surface area (Å²) in [5.41, 5.74) is 6.94. The number of aromatic nitrogens is 4. The maximum atomic E-state index is 5.90. The van der Waals surface area contributed by atoms with Crippen LogP contribution in [0.5, 0.6) is 0 Å². The predicted molar refractivity (Wildman–Crippen MR) is 290 cm³/mol. The van der Waals surface area contributed by atoms with Gasteiger partial charge in [-0.3, -0.25) is 4.57 Å². The van der Waals surface area contributed by atoms with Gasteiger partial charge in [-0.2, -0.15) is 0 Å². The molecule has 0 aliphatic carbocycles. The molecular formula is C60H32N4S3. The summed E-state index contributed by atoms with van der Waals surface area (Å²) in [6, 6.07) is 71.0. The molecule has 0 spiro atoms. The lowest BCUT2D eigenvalue weighted by Gasteiger charge is -2.13. The smallest absolute Gasteiger partial charge is 0.164 e. The zero-order chi connectivity index (χ0) is 43.5. The van der Waals surface area contributed by atoms with Gasteiger partial charge in [-0.25, -0.2) is 9.97 Å². The molecule has 0 atom stereocenters. The number of fused-ring (bicyclic) bond motifs is 23. The normalized spacial score (nSPS) is 12.5. The van der Waals surface area contributed by atoms with Crippen molar-refractivity contribution in [1.29, 1.82) is 0 Å². The Morgan fingerprint density at radius 3 is 1.49 bits per heavy atom. The van der Waals surface area contributed by atoms with E-state index in [2.05, 4.69) is 203 Å². The second-order valence-corrected chi connectivity index (χ2v) is 20.6. The summed E-state index contributed by atoms with van der Waals surface area (Å²) in [6.07, 6.45) is 0. The van der Waals surface area contributed by atoms with Crippen molar-refractivity contribution in [3.05, 3.63) is 194 Å². The average molecular weight is 905 g/mol. The highest BCUT2D eigenvalue weighted by molar-refractivity contribution is 7.28. The van der Waals surface area contributed by atoms with Crippen LogP contribution in [0.1, 0.15) is 0 Å². The van der Waals surface area contributed by atoms with Crippen molar-refractivity contribution in [1.82, 2.24) is 19.1 Å². The first-order chi connectivity index (χ1) is 33.3. The molecular weight excluding hydrogens is 873 g/mol. The second kappa shape index (κ2) is 13.3. The minimum absolute atomic E-state index is 0.730. The number of hydrogen-bond donors (Lipinski definition) is 0. The van der Waals surface area contributed by atoms with Gasteiger partial charge in [0.25, 0.3) is 0 Å². The van der Waals surface area contributed by atoms with Crippen molar-refractivity contribution in [2.24, 2.45) is 0 Å². The van der Waals surface area contributed by atoms with E-state index in [1.807, 2.05) is 22.7 Å². The number of thiophene rings is 3. The van der Waals surface area contributed by atoms with Crippen molar-refractivity contribution in [3.8, 4) is 22.9 Å². The number of hydrogen-bond acceptors (Lipinski definition) is 5. The second-order valence-electron chi connectivity index (χ2n) is 17.5. The molecule has 0 saturated heterocycles. The van der Waals surface area contributed by atoms with Gasteiger partial charge < -0.3 is 4.57 Å². The van der Waals surface area contributed by atoms with Crippen LogP contribution in [-0.2, 0) is 0 Å². The highest BCUT2D eigenvalue weighted by Crippen LogP contribution is 2.52. The van der Waals surface area contributed by atoms with Crippen LogP contribution >= 0.6 is 34.0 Å². The van der Waals surface area contributed by atoms with Gasteiger partial charge in [-0.1, -0.05) is 152 Å². The van der Waals surface area contributed by atoms with Crippen LogP contribution in [0.3, 0.4) is 0 Å². The van der Waals surface area contributed by atoms with Crippen LogP contribution in [0.15, 0.2) is 194 Å².